The lowest BCUT2D eigenvalue weighted by Crippen LogP contribution is -2.47. The lowest BCUT2D eigenvalue weighted by atomic mass is 10.2. The second-order valence-corrected chi connectivity index (χ2v) is 8.45. The van der Waals surface area contributed by atoms with Gasteiger partial charge in [0.15, 0.2) is 0 Å². The second-order valence-electron chi connectivity index (χ2n) is 6.51. The van der Waals surface area contributed by atoms with Gasteiger partial charge < -0.3 is 19.3 Å². The summed E-state index contributed by atoms with van der Waals surface area (Å²) < 4.78 is 37.5. The van der Waals surface area contributed by atoms with Gasteiger partial charge in [-0.2, -0.15) is 4.31 Å². The highest BCUT2D eigenvalue weighted by Crippen LogP contribution is 2.19. The Morgan fingerprint density at radius 2 is 1.67 bits per heavy atom. The highest BCUT2D eigenvalue weighted by Gasteiger charge is 2.28. The van der Waals surface area contributed by atoms with Crippen LogP contribution in [0.15, 0.2) is 29.2 Å². The van der Waals surface area contributed by atoms with Crippen LogP contribution in [0.25, 0.3) is 0 Å². The number of ether oxygens (including phenoxy) is 2. The van der Waals surface area contributed by atoms with Crippen molar-refractivity contribution < 1.29 is 22.7 Å². The first kappa shape index (κ1) is 21.8. The van der Waals surface area contributed by atoms with Crippen LogP contribution < -0.4 is 0 Å². The Labute approximate surface area is 161 Å². The van der Waals surface area contributed by atoms with Crippen molar-refractivity contribution in [3.63, 3.8) is 0 Å². The number of nitrogens with zero attached hydrogens (tertiary/aromatic N) is 3. The number of likely N-dealkylation sites (N-methyl/N-ethyl adjacent to an activating group) is 1. The quantitative estimate of drug-likeness (QED) is 0.597. The Balaban J connectivity index is 2.20. The Morgan fingerprint density at radius 3 is 2.22 bits per heavy atom. The van der Waals surface area contributed by atoms with Crippen LogP contribution in [-0.2, 0) is 19.5 Å². The Bertz CT molecular complexity index is 709. The number of amides is 1. The summed E-state index contributed by atoms with van der Waals surface area (Å²) in [7, 11) is 1.50. The molecule has 0 aliphatic carbocycles. The highest BCUT2D eigenvalue weighted by molar-refractivity contribution is 7.89. The molecule has 1 aromatic carbocycles. The van der Waals surface area contributed by atoms with E-state index in [1.165, 1.54) is 10.4 Å². The van der Waals surface area contributed by atoms with Crippen molar-refractivity contribution in [2.75, 3.05) is 73.7 Å². The number of rotatable bonds is 9. The van der Waals surface area contributed by atoms with Gasteiger partial charge in [0.05, 0.1) is 18.1 Å². The van der Waals surface area contributed by atoms with Gasteiger partial charge in [-0.15, -0.1) is 0 Å². The molecule has 0 unspecified atom stereocenters. The molecule has 1 aromatic rings. The minimum atomic E-state index is -3.61. The molecule has 8 nitrogen and oxygen atoms in total. The van der Waals surface area contributed by atoms with Gasteiger partial charge in [0.1, 0.15) is 0 Å². The molecule has 1 aliphatic heterocycles. The average Bonchev–Trinajstić information content (AvgIpc) is 2.68. The van der Waals surface area contributed by atoms with Crippen LogP contribution in [0.1, 0.15) is 10.4 Å². The molecule has 1 aliphatic rings. The molecular formula is C18H29N3O5S. The maximum absolute atomic E-state index is 12.9. The third-order valence-electron chi connectivity index (χ3n) is 4.60. The molecule has 0 N–H and O–H groups in total. The zero-order valence-electron chi connectivity index (χ0n) is 16.3. The van der Waals surface area contributed by atoms with Crippen molar-refractivity contribution >= 4 is 15.9 Å². The highest BCUT2D eigenvalue weighted by atomic mass is 32.2. The van der Waals surface area contributed by atoms with Crippen molar-refractivity contribution in [1.29, 1.82) is 0 Å². The minimum Gasteiger partial charge on any atom is -0.383 e. The molecule has 2 rings (SSSR count). The lowest BCUT2D eigenvalue weighted by molar-refractivity contribution is 0.0627. The van der Waals surface area contributed by atoms with E-state index in [0.29, 0.717) is 58.0 Å². The van der Waals surface area contributed by atoms with Crippen LogP contribution in [0.5, 0.6) is 0 Å². The normalized spacial score (nSPS) is 16.4. The summed E-state index contributed by atoms with van der Waals surface area (Å²) in [6, 6.07) is 6.25. The predicted molar refractivity (Wildman–Crippen MR) is 102 cm³/mol. The van der Waals surface area contributed by atoms with E-state index in [9.17, 15) is 13.2 Å². The van der Waals surface area contributed by atoms with Gasteiger partial charge >= 0.3 is 0 Å². The molecule has 1 heterocycles. The number of hydrogen-bond donors (Lipinski definition) is 0. The molecule has 27 heavy (non-hydrogen) atoms. The largest absolute Gasteiger partial charge is 0.383 e. The van der Waals surface area contributed by atoms with E-state index in [0.717, 1.165) is 0 Å². The summed E-state index contributed by atoms with van der Waals surface area (Å²) in [6.45, 7) is 3.90. The topological polar surface area (TPSA) is 79.4 Å². The summed E-state index contributed by atoms with van der Waals surface area (Å²) >= 11 is 0. The van der Waals surface area contributed by atoms with Gasteiger partial charge in [-0.05, 0) is 25.2 Å². The molecule has 1 saturated heterocycles. The smallest absolute Gasteiger partial charge is 0.254 e. The SMILES string of the molecule is COCCN(CCOC)C(=O)c1cccc(S(=O)(=O)N2CCN(C)CC2)c1. The van der Waals surface area contributed by atoms with Crippen LogP contribution in [0.3, 0.4) is 0 Å². The number of carbonyl (C=O) groups excluding carboxylic acids is 1. The molecule has 0 radical (unpaired) electrons. The van der Waals surface area contributed by atoms with Crippen LogP contribution >= 0.6 is 0 Å². The molecule has 1 amide bonds. The van der Waals surface area contributed by atoms with Gasteiger partial charge in [-0.25, -0.2) is 8.42 Å². The average molecular weight is 400 g/mol. The zero-order chi connectivity index (χ0) is 19.9. The van der Waals surface area contributed by atoms with Crippen molar-refractivity contribution in [3.05, 3.63) is 29.8 Å². The monoisotopic (exact) mass is 399 g/mol. The maximum atomic E-state index is 12.9. The predicted octanol–water partition coefficient (Wildman–Crippen LogP) is 0.358. The molecule has 152 valence electrons. The molecule has 0 atom stereocenters. The number of benzene rings is 1. The van der Waals surface area contributed by atoms with E-state index in [2.05, 4.69) is 4.90 Å². The van der Waals surface area contributed by atoms with Gasteiger partial charge in [0, 0.05) is 59.1 Å². The fourth-order valence-electron chi connectivity index (χ4n) is 2.87. The standard InChI is InChI=1S/C18H29N3O5S/c1-19-7-9-21(10-8-19)27(23,24)17-6-4-5-16(15-17)18(22)20(11-13-25-2)12-14-26-3/h4-6,15H,7-14H2,1-3H3. The fraction of sp³-hybridized carbons (Fsp3) is 0.611. The summed E-state index contributed by atoms with van der Waals surface area (Å²) in [5, 5.41) is 0. The number of sulfonamides is 1. The third kappa shape index (κ3) is 5.73. The molecule has 0 aromatic heterocycles. The number of piperazine rings is 1. The molecule has 1 fully saturated rings. The summed E-state index contributed by atoms with van der Waals surface area (Å²) in [5.41, 5.74) is 0.345. The molecule has 9 heteroatoms. The van der Waals surface area contributed by atoms with Crippen molar-refractivity contribution in [2.45, 2.75) is 4.90 Å². The number of hydrogen-bond acceptors (Lipinski definition) is 6. The van der Waals surface area contributed by atoms with E-state index < -0.39 is 10.0 Å². The maximum Gasteiger partial charge on any atom is 0.254 e. The van der Waals surface area contributed by atoms with E-state index in [1.807, 2.05) is 7.05 Å². The molecule has 0 spiro atoms. The van der Waals surface area contributed by atoms with Crippen LogP contribution in [0, 0.1) is 0 Å². The molecule has 0 saturated carbocycles. The fourth-order valence-corrected chi connectivity index (χ4v) is 4.34. The van der Waals surface area contributed by atoms with Gasteiger partial charge in [-0.1, -0.05) is 6.07 Å². The van der Waals surface area contributed by atoms with Gasteiger partial charge in [-0.3, -0.25) is 4.79 Å². The van der Waals surface area contributed by atoms with E-state index in [1.54, 1.807) is 37.3 Å². The number of methoxy groups -OCH3 is 2. The van der Waals surface area contributed by atoms with Crippen molar-refractivity contribution in [1.82, 2.24) is 14.1 Å². The summed E-state index contributed by atoms with van der Waals surface area (Å²) in [5.74, 6) is -0.237. The zero-order valence-corrected chi connectivity index (χ0v) is 17.1. The van der Waals surface area contributed by atoms with Crippen molar-refractivity contribution in [3.8, 4) is 0 Å². The molecular weight excluding hydrogens is 370 g/mol. The molecule has 0 bridgehead atoms. The first-order valence-corrected chi connectivity index (χ1v) is 10.4. The first-order chi connectivity index (χ1) is 12.9. The summed E-state index contributed by atoms with van der Waals surface area (Å²) in [4.78, 5) is 16.7. The Kier molecular flexibility index (Phi) is 8.18. The minimum absolute atomic E-state index is 0.149. The van der Waals surface area contributed by atoms with E-state index in [4.69, 9.17) is 9.47 Å². The van der Waals surface area contributed by atoms with E-state index >= 15 is 0 Å². The first-order valence-electron chi connectivity index (χ1n) is 8.96. The van der Waals surface area contributed by atoms with Gasteiger partial charge in [0.2, 0.25) is 10.0 Å². The lowest BCUT2D eigenvalue weighted by Gasteiger charge is -2.31. The Morgan fingerprint density at radius 1 is 1.07 bits per heavy atom. The van der Waals surface area contributed by atoms with Crippen molar-refractivity contribution in [2.24, 2.45) is 0 Å². The van der Waals surface area contributed by atoms with E-state index in [-0.39, 0.29) is 10.8 Å². The third-order valence-corrected chi connectivity index (χ3v) is 6.49. The van der Waals surface area contributed by atoms with Crippen LogP contribution in [0.4, 0.5) is 0 Å². The number of carbonyl (C=O) groups is 1. The van der Waals surface area contributed by atoms with Crippen LogP contribution in [-0.4, -0.2) is 102 Å². The van der Waals surface area contributed by atoms with Crippen LogP contribution in [0.2, 0.25) is 0 Å². The Hall–Kier alpha value is -1.52. The second kappa shape index (κ2) is 10.1. The summed E-state index contributed by atoms with van der Waals surface area (Å²) in [6.07, 6.45) is 0. The van der Waals surface area contributed by atoms with Gasteiger partial charge in [0.25, 0.3) is 5.91 Å².